The van der Waals surface area contributed by atoms with E-state index in [0.717, 1.165) is 31.7 Å². The third-order valence-electron chi connectivity index (χ3n) is 7.02. The highest BCUT2D eigenvalue weighted by molar-refractivity contribution is 5.83. The van der Waals surface area contributed by atoms with Crippen LogP contribution in [0.15, 0.2) is 28.7 Å². The van der Waals surface area contributed by atoms with Gasteiger partial charge in [-0.3, -0.25) is 4.79 Å². The lowest BCUT2D eigenvalue weighted by Crippen LogP contribution is -2.45. The third-order valence-corrected chi connectivity index (χ3v) is 7.02. The van der Waals surface area contributed by atoms with Crippen molar-refractivity contribution in [3.05, 3.63) is 35.7 Å². The van der Waals surface area contributed by atoms with Gasteiger partial charge in [-0.1, -0.05) is 23.3 Å². The first-order valence-electron chi connectivity index (χ1n) is 10.3. The molecule has 0 bridgehead atoms. The predicted molar refractivity (Wildman–Crippen MR) is 101 cm³/mol. The van der Waals surface area contributed by atoms with Crippen LogP contribution in [0, 0.1) is 5.41 Å². The van der Waals surface area contributed by atoms with Crippen LogP contribution in [0.1, 0.15) is 55.9 Å². The second-order valence-corrected chi connectivity index (χ2v) is 8.81. The van der Waals surface area contributed by atoms with Crippen molar-refractivity contribution in [2.24, 2.45) is 5.41 Å². The molecule has 2 aromatic rings. The highest BCUT2D eigenvalue weighted by atomic mass is 16.5. The van der Waals surface area contributed by atoms with Gasteiger partial charge in [-0.15, -0.1) is 5.10 Å². The minimum atomic E-state index is -0.378. The Hall–Kier alpha value is -2.57. The molecule has 2 aliphatic heterocycles. The number of hydrogen-bond acceptors (Lipinski definition) is 6. The Kier molecular flexibility index (Phi) is 3.35. The summed E-state index contributed by atoms with van der Waals surface area (Å²) in [5, 5.41) is 11.4. The number of aromatic nitrogens is 2. The second kappa shape index (κ2) is 5.72. The molecule has 4 atom stereocenters. The molecule has 1 aromatic carbocycles. The van der Waals surface area contributed by atoms with Crippen molar-refractivity contribution in [3.63, 3.8) is 0 Å². The molecule has 4 aliphatic rings. The Morgan fingerprint density at radius 2 is 1.96 bits per heavy atom. The van der Waals surface area contributed by atoms with Crippen molar-refractivity contribution in [3.8, 4) is 5.75 Å². The van der Waals surface area contributed by atoms with Gasteiger partial charge >= 0.3 is 6.01 Å². The highest BCUT2D eigenvalue weighted by Gasteiger charge is 2.62. The number of likely N-dealkylation sites (tertiary alicyclic amines) is 1. The smallest absolute Gasteiger partial charge is 0.316 e. The molecule has 2 saturated carbocycles. The molecule has 7 nitrogen and oxygen atoms in total. The summed E-state index contributed by atoms with van der Waals surface area (Å²) in [4.78, 5) is 14.7. The molecule has 146 valence electrons. The van der Waals surface area contributed by atoms with Crippen molar-refractivity contribution in [2.45, 2.75) is 56.6 Å². The van der Waals surface area contributed by atoms with Crippen LogP contribution >= 0.6 is 0 Å². The number of para-hydroxylation sites is 1. The van der Waals surface area contributed by atoms with Crippen LogP contribution in [0.3, 0.4) is 0 Å². The van der Waals surface area contributed by atoms with Crippen molar-refractivity contribution in [1.82, 2.24) is 15.1 Å². The van der Waals surface area contributed by atoms with Crippen LogP contribution in [0.4, 0.5) is 6.01 Å². The fraction of sp³-hybridized carbons (Fsp3) is 0.571. The van der Waals surface area contributed by atoms with E-state index in [4.69, 9.17) is 9.15 Å². The molecule has 1 amide bonds. The molecule has 1 saturated heterocycles. The molecule has 1 aromatic heterocycles. The molecule has 28 heavy (non-hydrogen) atoms. The van der Waals surface area contributed by atoms with Gasteiger partial charge in [0.25, 0.3) is 0 Å². The van der Waals surface area contributed by atoms with E-state index in [-0.39, 0.29) is 24.0 Å². The first kappa shape index (κ1) is 16.4. The summed E-state index contributed by atoms with van der Waals surface area (Å²) in [7, 11) is 0. The highest BCUT2D eigenvalue weighted by Crippen LogP contribution is 2.62. The third kappa shape index (κ3) is 2.52. The van der Waals surface area contributed by atoms with E-state index in [1.54, 1.807) is 0 Å². The van der Waals surface area contributed by atoms with E-state index in [0.29, 0.717) is 23.2 Å². The minimum Gasteiger partial charge on any atom is -0.489 e. The number of carbonyl (C=O) groups is 1. The summed E-state index contributed by atoms with van der Waals surface area (Å²) in [6.45, 7) is 3.59. The number of nitrogens with zero attached hydrogens (tertiary/aromatic N) is 3. The lowest BCUT2D eigenvalue weighted by Gasteiger charge is -2.33. The fourth-order valence-corrected chi connectivity index (χ4v) is 4.93. The molecular formula is C21H24N4O3. The van der Waals surface area contributed by atoms with E-state index in [1.807, 2.05) is 30.0 Å². The lowest BCUT2D eigenvalue weighted by atomic mass is 9.93. The molecule has 0 radical (unpaired) electrons. The van der Waals surface area contributed by atoms with Crippen LogP contribution < -0.4 is 10.1 Å². The molecule has 3 heterocycles. The van der Waals surface area contributed by atoms with E-state index in [2.05, 4.69) is 21.6 Å². The topological polar surface area (TPSA) is 80.5 Å². The number of piperidine rings is 1. The molecule has 0 unspecified atom stereocenters. The molecule has 6 rings (SSSR count). The predicted octanol–water partition coefficient (Wildman–Crippen LogP) is 2.91. The first-order valence-corrected chi connectivity index (χ1v) is 10.3. The number of anilines is 1. The zero-order valence-electron chi connectivity index (χ0n) is 15.9. The van der Waals surface area contributed by atoms with Crippen molar-refractivity contribution in [2.75, 3.05) is 18.4 Å². The summed E-state index contributed by atoms with van der Waals surface area (Å²) in [5.41, 5.74) is 1.78. The standard InChI is InChI=1S/C21H24N4O3/c1-12(19(26)25-10-8-21(6-7-21)9-11-25)22-20-24-23-18(28-20)16-15-13-4-2-3-5-14(13)27-17(15)16/h2-5,12,15-17H,6-11H2,1H3,(H,22,24)/t12-,15-,16-,17-/m0/s1. The second-order valence-electron chi connectivity index (χ2n) is 8.81. The maximum atomic E-state index is 12.7. The average molecular weight is 380 g/mol. The van der Waals surface area contributed by atoms with Gasteiger partial charge in [0, 0.05) is 24.6 Å². The van der Waals surface area contributed by atoms with Gasteiger partial charge in [-0.2, -0.15) is 0 Å². The summed E-state index contributed by atoms with van der Waals surface area (Å²) in [6.07, 6.45) is 5.05. The molecule has 2 aliphatic carbocycles. The van der Waals surface area contributed by atoms with Crippen molar-refractivity contribution in [1.29, 1.82) is 0 Å². The molecule has 1 spiro atoms. The Balaban J connectivity index is 1.09. The van der Waals surface area contributed by atoms with Crippen LogP contribution in [-0.2, 0) is 4.79 Å². The average Bonchev–Trinajstić information content (AvgIpc) is 3.52. The molecule has 3 fully saturated rings. The maximum absolute atomic E-state index is 12.7. The zero-order chi connectivity index (χ0) is 18.9. The Labute approximate surface area is 163 Å². The van der Waals surface area contributed by atoms with E-state index in [1.165, 1.54) is 18.4 Å². The number of nitrogens with one attached hydrogen (secondary N) is 1. The van der Waals surface area contributed by atoms with E-state index in [9.17, 15) is 4.79 Å². The van der Waals surface area contributed by atoms with Crippen molar-refractivity contribution >= 4 is 11.9 Å². The summed E-state index contributed by atoms with van der Waals surface area (Å²) < 4.78 is 11.8. The number of benzene rings is 1. The fourth-order valence-electron chi connectivity index (χ4n) is 4.93. The lowest BCUT2D eigenvalue weighted by molar-refractivity contribution is -0.133. The van der Waals surface area contributed by atoms with Gasteiger partial charge in [-0.25, -0.2) is 0 Å². The summed E-state index contributed by atoms with van der Waals surface area (Å²) in [6, 6.07) is 8.04. The minimum absolute atomic E-state index is 0.0906. The van der Waals surface area contributed by atoms with Gasteiger partial charge in [0.2, 0.25) is 11.8 Å². The number of amides is 1. The number of fused-ring (bicyclic) bond motifs is 3. The Morgan fingerprint density at radius 3 is 2.75 bits per heavy atom. The first-order chi connectivity index (χ1) is 13.6. The van der Waals surface area contributed by atoms with Crippen molar-refractivity contribution < 1.29 is 13.9 Å². The molecule has 1 N–H and O–H groups in total. The van der Waals surface area contributed by atoms with E-state index < -0.39 is 0 Å². The van der Waals surface area contributed by atoms with Gasteiger partial charge in [0.1, 0.15) is 17.9 Å². The summed E-state index contributed by atoms with van der Waals surface area (Å²) >= 11 is 0. The SMILES string of the molecule is C[C@H](Nc1nnc([C@@H]2[C@H]3Oc4ccccc4[C@H]32)o1)C(=O)N1CCC2(CC1)CC2. The Bertz CT molecular complexity index is 927. The van der Waals surface area contributed by atoms with Crippen LogP contribution in [0.2, 0.25) is 0 Å². The van der Waals surface area contributed by atoms with E-state index >= 15 is 0 Å². The van der Waals surface area contributed by atoms with Gasteiger partial charge in [-0.05, 0) is 44.1 Å². The van der Waals surface area contributed by atoms with Gasteiger partial charge in [0.05, 0.1) is 5.92 Å². The molecular weight excluding hydrogens is 356 g/mol. The molecule has 7 heteroatoms. The van der Waals surface area contributed by atoms with Gasteiger partial charge in [0.15, 0.2) is 0 Å². The van der Waals surface area contributed by atoms with Crippen LogP contribution in [0.25, 0.3) is 0 Å². The number of hydrogen-bond donors (Lipinski definition) is 1. The Morgan fingerprint density at radius 1 is 1.18 bits per heavy atom. The monoisotopic (exact) mass is 380 g/mol. The number of ether oxygens (including phenoxy) is 1. The maximum Gasteiger partial charge on any atom is 0.316 e. The number of rotatable bonds is 4. The largest absolute Gasteiger partial charge is 0.489 e. The zero-order valence-corrected chi connectivity index (χ0v) is 15.9. The normalized spacial score (nSPS) is 29.6. The summed E-state index contributed by atoms with van der Waals surface area (Å²) in [5.74, 6) is 2.06. The van der Waals surface area contributed by atoms with Gasteiger partial charge < -0.3 is 19.4 Å². The quantitative estimate of drug-likeness (QED) is 0.878. The van der Waals surface area contributed by atoms with Crippen LogP contribution in [0.5, 0.6) is 5.75 Å². The van der Waals surface area contributed by atoms with Crippen LogP contribution in [-0.4, -0.2) is 46.2 Å². The number of carbonyl (C=O) groups excluding carboxylic acids is 1.